The first-order chi connectivity index (χ1) is 41.2. The SMILES string of the molecule is CC1(C)c2cc(-c3ccccc3)ccc2-c2c(N(c3cccc4ccccc34)c3cccc4ccccc34)ccc(-c3ccc(N(c4cccc5ccccc45)c4cccc5ccccc45)c4c3C(C)(C)c3cc(-c5ccccc5)ccc3-4)c21. The molecule has 0 unspecified atom stereocenters. The largest absolute Gasteiger partial charge is 0.309 e. The van der Waals surface area contributed by atoms with E-state index in [9.17, 15) is 0 Å². The Morgan fingerprint density at radius 1 is 0.226 bits per heavy atom. The zero-order valence-electron chi connectivity index (χ0n) is 47.6. The molecule has 0 aliphatic heterocycles. The van der Waals surface area contributed by atoms with Crippen molar-refractivity contribution in [3.8, 4) is 55.6 Å². The molecule has 0 spiro atoms. The van der Waals surface area contributed by atoms with Crippen LogP contribution in [0.5, 0.6) is 0 Å². The van der Waals surface area contributed by atoms with E-state index in [-0.39, 0.29) is 0 Å². The Kier molecular flexibility index (Phi) is 11.3. The smallest absolute Gasteiger partial charge is 0.0544 e. The number of rotatable bonds is 9. The summed E-state index contributed by atoms with van der Waals surface area (Å²) in [6.07, 6.45) is 0. The lowest BCUT2D eigenvalue weighted by molar-refractivity contribution is 0.655. The summed E-state index contributed by atoms with van der Waals surface area (Å²) >= 11 is 0. The molecular weight excluding hydrogens is 1010 g/mol. The van der Waals surface area contributed by atoms with Crippen LogP contribution in [0.2, 0.25) is 0 Å². The van der Waals surface area contributed by atoms with E-state index in [1.54, 1.807) is 0 Å². The number of fused-ring (bicyclic) bond motifs is 10. The third-order valence-corrected chi connectivity index (χ3v) is 18.6. The lowest BCUT2D eigenvalue weighted by Gasteiger charge is -2.34. The fraction of sp³-hybridized carbons (Fsp3) is 0.0732. The summed E-state index contributed by atoms with van der Waals surface area (Å²) in [5.41, 5.74) is 23.7. The van der Waals surface area contributed by atoms with E-state index in [1.165, 1.54) is 121 Å². The summed E-state index contributed by atoms with van der Waals surface area (Å²) in [5.74, 6) is 0. The predicted molar refractivity (Wildman–Crippen MR) is 357 cm³/mol. The Bertz CT molecular complexity index is 4480. The molecule has 0 saturated heterocycles. The molecule has 398 valence electrons. The maximum absolute atomic E-state index is 2.58. The Labute approximate surface area is 491 Å². The molecular formula is C82H60N2. The van der Waals surface area contributed by atoms with Gasteiger partial charge in [0.15, 0.2) is 0 Å². The minimum Gasteiger partial charge on any atom is -0.309 e. The maximum Gasteiger partial charge on any atom is 0.0544 e. The van der Waals surface area contributed by atoms with Gasteiger partial charge in [-0.15, -0.1) is 0 Å². The van der Waals surface area contributed by atoms with Crippen LogP contribution in [0.25, 0.3) is 98.7 Å². The van der Waals surface area contributed by atoms with Crippen LogP contribution in [-0.4, -0.2) is 0 Å². The third-order valence-electron chi connectivity index (χ3n) is 18.6. The number of hydrogen-bond acceptors (Lipinski definition) is 2. The van der Waals surface area contributed by atoms with Crippen molar-refractivity contribution < 1.29 is 0 Å². The van der Waals surface area contributed by atoms with Crippen molar-refractivity contribution in [1.82, 2.24) is 0 Å². The van der Waals surface area contributed by atoms with Crippen LogP contribution in [0.15, 0.2) is 291 Å². The minimum absolute atomic E-state index is 0.441. The average Bonchev–Trinajstić information content (AvgIpc) is 1.71. The molecule has 84 heavy (non-hydrogen) atoms. The molecule has 0 radical (unpaired) electrons. The van der Waals surface area contributed by atoms with Crippen LogP contribution >= 0.6 is 0 Å². The lowest BCUT2D eigenvalue weighted by atomic mass is 9.74. The molecule has 16 rings (SSSR count). The molecule has 14 aromatic carbocycles. The van der Waals surface area contributed by atoms with Gasteiger partial charge in [-0.05, 0) is 137 Å². The second-order valence-corrected chi connectivity index (χ2v) is 23.9. The summed E-state index contributed by atoms with van der Waals surface area (Å²) in [4.78, 5) is 5.16. The minimum atomic E-state index is -0.441. The van der Waals surface area contributed by atoms with Gasteiger partial charge in [0.25, 0.3) is 0 Å². The Morgan fingerprint density at radius 3 is 0.845 bits per heavy atom. The predicted octanol–water partition coefficient (Wildman–Crippen LogP) is 22.9. The molecule has 0 saturated carbocycles. The van der Waals surface area contributed by atoms with Crippen LogP contribution in [-0.2, 0) is 10.8 Å². The first-order valence-electron chi connectivity index (χ1n) is 29.5. The van der Waals surface area contributed by atoms with Crippen molar-refractivity contribution in [2.24, 2.45) is 0 Å². The van der Waals surface area contributed by atoms with Gasteiger partial charge >= 0.3 is 0 Å². The number of hydrogen-bond donors (Lipinski definition) is 0. The van der Waals surface area contributed by atoms with Crippen LogP contribution in [0, 0.1) is 0 Å². The van der Waals surface area contributed by atoms with E-state index in [0.29, 0.717) is 0 Å². The average molecular weight is 1070 g/mol. The molecule has 2 aliphatic carbocycles. The van der Waals surface area contributed by atoms with Crippen LogP contribution in [0.4, 0.5) is 34.1 Å². The molecule has 2 aliphatic rings. The van der Waals surface area contributed by atoms with Gasteiger partial charge in [-0.3, -0.25) is 0 Å². The summed E-state index contributed by atoms with van der Waals surface area (Å²) in [7, 11) is 0. The highest BCUT2D eigenvalue weighted by atomic mass is 15.2. The molecule has 0 amide bonds. The molecule has 2 heteroatoms. The fourth-order valence-electron chi connectivity index (χ4n) is 14.7. The zero-order chi connectivity index (χ0) is 56.3. The fourth-order valence-corrected chi connectivity index (χ4v) is 14.7. The highest BCUT2D eigenvalue weighted by molar-refractivity contribution is 6.12. The van der Waals surface area contributed by atoms with E-state index in [4.69, 9.17) is 0 Å². The summed E-state index contributed by atoms with van der Waals surface area (Å²) in [5, 5.41) is 9.62. The number of anilines is 6. The second-order valence-electron chi connectivity index (χ2n) is 23.9. The van der Waals surface area contributed by atoms with Gasteiger partial charge in [-0.1, -0.05) is 270 Å². The van der Waals surface area contributed by atoms with Gasteiger partial charge in [0.2, 0.25) is 0 Å². The summed E-state index contributed by atoms with van der Waals surface area (Å²) in [6.45, 7) is 9.90. The molecule has 14 aromatic rings. The molecule has 0 fully saturated rings. The Balaban J connectivity index is 1.02. The van der Waals surface area contributed by atoms with Crippen molar-refractivity contribution in [1.29, 1.82) is 0 Å². The van der Waals surface area contributed by atoms with Crippen molar-refractivity contribution >= 4 is 77.2 Å². The second kappa shape index (κ2) is 19.2. The number of nitrogens with zero attached hydrogens (tertiary/aromatic N) is 2. The van der Waals surface area contributed by atoms with Gasteiger partial charge in [0.05, 0.1) is 34.1 Å². The summed E-state index contributed by atoms with van der Waals surface area (Å²) < 4.78 is 0. The van der Waals surface area contributed by atoms with Crippen molar-refractivity contribution in [3.05, 3.63) is 313 Å². The van der Waals surface area contributed by atoms with Crippen molar-refractivity contribution in [3.63, 3.8) is 0 Å². The molecule has 2 nitrogen and oxygen atoms in total. The molecule has 0 aromatic heterocycles. The van der Waals surface area contributed by atoms with Crippen molar-refractivity contribution in [2.75, 3.05) is 9.80 Å². The van der Waals surface area contributed by atoms with E-state index in [2.05, 4.69) is 329 Å². The number of benzene rings is 14. The quantitative estimate of drug-likeness (QED) is 0.142. The molecule has 0 N–H and O–H groups in total. The van der Waals surface area contributed by atoms with Gasteiger partial charge in [-0.2, -0.15) is 0 Å². The van der Waals surface area contributed by atoms with Crippen LogP contribution < -0.4 is 9.80 Å². The Morgan fingerprint density at radius 2 is 0.512 bits per heavy atom. The first kappa shape index (κ1) is 49.5. The van der Waals surface area contributed by atoms with E-state index >= 15 is 0 Å². The standard InChI is InChI=1S/C82H60N2/c1-81(2)69-51-59(53-23-7-5-8-24-53)43-45-67(69)77-75(83(71-39-19-31-55-27-11-15-35-61(55)71)72-40-20-32-56-28-12-16-36-62(56)72)49-47-65(79(77)81)66-48-50-76(78-68-46-44-60(54-25-9-6-10-26-54)52-70(68)82(3,4)80(66)78)84(73-41-21-33-57-29-13-17-37-63(57)73)74-42-22-34-58-30-14-18-38-64(58)74/h5-52H,1-4H3. The monoisotopic (exact) mass is 1070 g/mol. The third kappa shape index (κ3) is 7.57. The van der Waals surface area contributed by atoms with E-state index in [0.717, 1.165) is 34.1 Å². The Hall–Kier alpha value is -10.3. The summed E-state index contributed by atoms with van der Waals surface area (Å²) in [6, 6.07) is 109. The van der Waals surface area contributed by atoms with E-state index in [1.807, 2.05) is 0 Å². The van der Waals surface area contributed by atoms with Crippen molar-refractivity contribution in [2.45, 2.75) is 38.5 Å². The highest BCUT2D eigenvalue weighted by Gasteiger charge is 2.45. The normalized spacial score (nSPS) is 13.4. The van der Waals surface area contributed by atoms with E-state index < -0.39 is 10.8 Å². The first-order valence-corrected chi connectivity index (χ1v) is 29.5. The van der Waals surface area contributed by atoms with Gasteiger partial charge < -0.3 is 9.80 Å². The highest BCUT2D eigenvalue weighted by Crippen LogP contribution is 2.63. The maximum atomic E-state index is 2.58. The molecule has 0 bridgehead atoms. The zero-order valence-corrected chi connectivity index (χ0v) is 47.6. The van der Waals surface area contributed by atoms with Crippen LogP contribution in [0.1, 0.15) is 49.9 Å². The van der Waals surface area contributed by atoms with Crippen LogP contribution in [0.3, 0.4) is 0 Å². The van der Waals surface area contributed by atoms with Gasteiger partial charge in [-0.25, -0.2) is 0 Å². The topological polar surface area (TPSA) is 6.48 Å². The van der Waals surface area contributed by atoms with Gasteiger partial charge in [0, 0.05) is 43.5 Å². The molecule has 0 heterocycles. The molecule has 0 atom stereocenters. The lowest BCUT2D eigenvalue weighted by Crippen LogP contribution is -2.20. The van der Waals surface area contributed by atoms with Gasteiger partial charge in [0.1, 0.15) is 0 Å².